The number of aryl methyl sites for hydroxylation is 1. The van der Waals surface area contributed by atoms with Crippen LogP contribution in [0.25, 0.3) is 0 Å². The van der Waals surface area contributed by atoms with Crippen LogP contribution in [-0.2, 0) is 11.3 Å². The second-order valence-electron chi connectivity index (χ2n) is 5.22. The average molecular weight is 284 g/mol. The summed E-state index contributed by atoms with van der Waals surface area (Å²) in [5.74, 6) is 0.272. The molecule has 5 nitrogen and oxygen atoms in total. The Kier molecular flexibility index (Phi) is 4.42. The predicted octanol–water partition coefficient (Wildman–Crippen LogP) is 0.838. The molecule has 2 heterocycles. The lowest BCUT2D eigenvalue weighted by molar-refractivity contribution is -0.135. The first kappa shape index (κ1) is 14.3. The topological polar surface area (TPSA) is 62.5 Å². The van der Waals surface area contributed by atoms with Crippen molar-refractivity contribution in [2.75, 3.05) is 13.1 Å². The fourth-order valence-electron chi connectivity index (χ4n) is 2.32. The Bertz CT molecular complexity index is 508. The maximum absolute atomic E-state index is 12.1. The summed E-state index contributed by atoms with van der Waals surface area (Å²) in [4.78, 5) is 25.3. The minimum absolute atomic E-state index is 0.0161. The molecule has 1 aliphatic rings. The van der Waals surface area contributed by atoms with Crippen molar-refractivity contribution in [3.63, 3.8) is 0 Å². The molecule has 1 aromatic rings. The minimum atomic E-state index is -0.427. The second kappa shape index (κ2) is 5.88. The van der Waals surface area contributed by atoms with Gasteiger partial charge in [-0.25, -0.2) is 0 Å². The van der Waals surface area contributed by atoms with Crippen molar-refractivity contribution >= 4 is 17.2 Å². The molecule has 0 aromatic carbocycles. The van der Waals surface area contributed by atoms with Gasteiger partial charge in [0.25, 0.3) is 0 Å². The number of amides is 1. The Balaban J connectivity index is 1.90. The lowest BCUT2D eigenvalue weighted by atomic mass is 9.96. The number of hydrogen-bond donors (Lipinski definition) is 1. The highest BCUT2D eigenvalue weighted by atomic mass is 32.1. The summed E-state index contributed by atoms with van der Waals surface area (Å²) in [5, 5.41) is 11.6. The molecular weight excluding hydrogens is 264 g/mol. The van der Waals surface area contributed by atoms with Gasteiger partial charge < -0.3 is 14.6 Å². The average Bonchev–Trinajstić information content (AvgIpc) is 2.69. The van der Waals surface area contributed by atoms with Crippen molar-refractivity contribution in [2.45, 2.75) is 39.3 Å². The third kappa shape index (κ3) is 3.25. The van der Waals surface area contributed by atoms with Crippen LogP contribution in [0.2, 0.25) is 0 Å². The highest BCUT2D eigenvalue weighted by Gasteiger charge is 2.26. The van der Waals surface area contributed by atoms with Gasteiger partial charge in [0.05, 0.1) is 6.10 Å². The number of aliphatic hydroxyl groups excluding tert-OH is 1. The molecule has 1 aliphatic heterocycles. The van der Waals surface area contributed by atoms with Gasteiger partial charge in [0.1, 0.15) is 0 Å². The molecule has 0 radical (unpaired) electrons. The lowest BCUT2D eigenvalue weighted by Crippen LogP contribution is -2.46. The van der Waals surface area contributed by atoms with Crippen LogP contribution in [0.3, 0.4) is 0 Å². The SMILES string of the molecule is Cc1csc(=O)n1CCC(=O)N1CCC(C)C(O)C1. The maximum Gasteiger partial charge on any atom is 0.307 e. The van der Waals surface area contributed by atoms with Crippen LogP contribution in [0.5, 0.6) is 0 Å². The van der Waals surface area contributed by atoms with Crippen molar-refractivity contribution < 1.29 is 9.90 Å². The summed E-state index contributed by atoms with van der Waals surface area (Å²) in [6, 6.07) is 0. The van der Waals surface area contributed by atoms with E-state index in [0.717, 1.165) is 23.5 Å². The molecular formula is C13H20N2O3S. The van der Waals surface area contributed by atoms with Gasteiger partial charge in [-0.05, 0) is 19.3 Å². The van der Waals surface area contributed by atoms with E-state index in [2.05, 4.69) is 0 Å². The first-order chi connectivity index (χ1) is 8.99. The number of thiazole rings is 1. The molecule has 0 aliphatic carbocycles. The van der Waals surface area contributed by atoms with Crippen molar-refractivity contribution in [1.29, 1.82) is 0 Å². The van der Waals surface area contributed by atoms with Crippen LogP contribution in [0.15, 0.2) is 10.2 Å². The molecule has 1 amide bonds. The standard InChI is InChI=1S/C13H20N2O3S/c1-9-3-5-14(7-11(9)16)12(17)4-6-15-10(2)8-19-13(15)18/h8-9,11,16H,3-7H2,1-2H3. The smallest absolute Gasteiger partial charge is 0.307 e. The van der Waals surface area contributed by atoms with E-state index >= 15 is 0 Å². The monoisotopic (exact) mass is 284 g/mol. The van der Waals surface area contributed by atoms with Crippen molar-refractivity contribution in [1.82, 2.24) is 9.47 Å². The molecule has 0 saturated carbocycles. The summed E-state index contributed by atoms with van der Waals surface area (Å²) < 4.78 is 1.63. The Morgan fingerprint density at radius 1 is 1.58 bits per heavy atom. The fourth-order valence-corrected chi connectivity index (χ4v) is 3.08. The molecule has 1 saturated heterocycles. The number of aliphatic hydroxyl groups is 1. The Hall–Kier alpha value is -1.14. The van der Waals surface area contributed by atoms with Crippen molar-refractivity contribution in [3.05, 3.63) is 20.7 Å². The number of likely N-dealkylation sites (tertiary alicyclic amines) is 1. The molecule has 0 spiro atoms. The molecule has 0 bridgehead atoms. The molecule has 1 N–H and O–H groups in total. The number of piperidine rings is 1. The Morgan fingerprint density at radius 2 is 2.32 bits per heavy atom. The number of rotatable bonds is 3. The summed E-state index contributed by atoms with van der Waals surface area (Å²) in [5.41, 5.74) is 0.898. The first-order valence-corrected chi connectivity index (χ1v) is 7.47. The fraction of sp³-hybridized carbons (Fsp3) is 0.692. The summed E-state index contributed by atoms with van der Waals surface area (Å²) >= 11 is 1.16. The van der Waals surface area contributed by atoms with Crippen molar-refractivity contribution in [2.24, 2.45) is 5.92 Å². The molecule has 19 heavy (non-hydrogen) atoms. The minimum Gasteiger partial charge on any atom is -0.391 e. The van der Waals surface area contributed by atoms with Crippen LogP contribution < -0.4 is 4.87 Å². The van der Waals surface area contributed by atoms with Crippen LogP contribution in [-0.4, -0.2) is 39.7 Å². The highest BCUT2D eigenvalue weighted by molar-refractivity contribution is 7.07. The summed E-state index contributed by atoms with van der Waals surface area (Å²) in [7, 11) is 0. The zero-order chi connectivity index (χ0) is 14.0. The van der Waals surface area contributed by atoms with Gasteiger partial charge in [-0.1, -0.05) is 18.3 Å². The van der Waals surface area contributed by atoms with E-state index in [4.69, 9.17) is 0 Å². The zero-order valence-corrected chi connectivity index (χ0v) is 12.2. The van der Waals surface area contributed by atoms with Crippen LogP contribution in [0, 0.1) is 12.8 Å². The second-order valence-corrected chi connectivity index (χ2v) is 6.04. The maximum atomic E-state index is 12.1. The molecule has 106 valence electrons. The van der Waals surface area contributed by atoms with Gasteiger partial charge in [0, 0.05) is 37.1 Å². The normalized spacial score (nSPS) is 23.6. The number of nitrogens with zero attached hydrogens (tertiary/aromatic N) is 2. The van der Waals surface area contributed by atoms with E-state index in [9.17, 15) is 14.7 Å². The largest absolute Gasteiger partial charge is 0.391 e. The van der Waals surface area contributed by atoms with Crippen LogP contribution in [0.1, 0.15) is 25.5 Å². The van der Waals surface area contributed by atoms with Gasteiger partial charge in [0.15, 0.2) is 0 Å². The van der Waals surface area contributed by atoms with E-state index < -0.39 is 6.10 Å². The number of carbonyl (C=O) groups is 1. The molecule has 2 unspecified atom stereocenters. The number of β-amino-alcohol motifs (C(OH)–C–C–N with tert-alkyl or cyclic N) is 1. The van der Waals surface area contributed by atoms with Crippen LogP contribution >= 0.6 is 11.3 Å². The number of aromatic nitrogens is 1. The lowest BCUT2D eigenvalue weighted by Gasteiger charge is -2.34. The molecule has 2 rings (SSSR count). The van der Waals surface area contributed by atoms with Gasteiger partial charge in [-0.2, -0.15) is 0 Å². The number of carbonyl (C=O) groups excluding carboxylic acids is 1. The number of hydrogen-bond acceptors (Lipinski definition) is 4. The summed E-state index contributed by atoms with van der Waals surface area (Å²) in [6.07, 6.45) is 0.728. The molecule has 2 atom stereocenters. The van der Waals surface area contributed by atoms with Gasteiger partial charge in [0.2, 0.25) is 5.91 Å². The molecule has 1 fully saturated rings. The predicted molar refractivity (Wildman–Crippen MR) is 74.3 cm³/mol. The molecule has 1 aromatic heterocycles. The van der Waals surface area contributed by atoms with E-state index in [1.165, 1.54) is 0 Å². The summed E-state index contributed by atoms with van der Waals surface area (Å²) in [6.45, 7) is 5.41. The third-order valence-corrected chi connectivity index (χ3v) is 4.68. The van der Waals surface area contributed by atoms with Crippen molar-refractivity contribution in [3.8, 4) is 0 Å². The van der Waals surface area contributed by atoms with E-state index in [1.807, 2.05) is 13.8 Å². The zero-order valence-electron chi connectivity index (χ0n) is 11.3. The quantitative estimate of drug-likeness (QED) is 0.894. The van der Waals surface area contributed by atoms with Gasteiger partial charge in [-0.15, -0.1) is 0 Å². The molecule has 6 heteroatoms. The van der Waals surface area contributed by atoms with Crippen LogP contribution in [0.4, 0.5) is 0 Å². The van der Waals surface area contributed by atoms with E-state index in [1.54, 1.807) is 14.8 Å². The Labute approximate surface area is 116 Å². The highest BCUT2D eigenvalue weighted by Crippen LogP contribution is 2.17. The van der Waals surface area contributed by atoms with E-state index in [0.29, 0.717) is 26.1 Å². The van der Waals surface area contributed by atoms with Gasteiger partial charge >= 0.3 is 4.87 Å². The van der Waals surface area contributed by atoms with Gasteiger partial charge in [-0.3, -0.25) is 9.59 Å². The Morgan fingerprint density at radius 3 is 2.89 bits per heavy atom. The third-order valence-electron chi connectivity index (χ3n) is 3.80. The first-order valence-electron chi connectivity index (χ1n) is 6.60. The van der Waals surface area contributed by atoms with E-state index in [-0.39, 0.29) is 16.7 Å².